The van der Waals surface area contributed by atoms with Gasteiger partial charge in [0.1, 0.15) is 11.9 Å². The largest absolute Gasteiger partial charge is 0.471 e. The molecule has 2 unspecified atom stereocenters. The Balaban J connectivity index is 1.97. The van der Waals surface area contributed by atoms with Crippen LogP contribution in [-0.4, -0.2) is 17.4 Å². The van der Waals surface area contributed by atoms with E-state index in [4.69, 9.17) is 16.9 Å². The van der Waals surface area contributed by atoms with E-state index in [1.54, 1.807) is 12.1 Å². The molecule has 1 aliphatic carbocycles. The lowest BCUT2D eigenvalue weighted by molar-refractivity contribution is 0.00865. The highest BCUT2D eigenvalue weighted by Gasteiger charge is 2.33. The highest BCUT2D eigenvalue weighted by molar-refractivity contribution is 5.44. The normalized spacial score (nSPS) is 20.1. The number of aliphatic hydroxyl groups is 1. The van der Waals surface area contributed by atoms with Gasteiger partial charge in [0.05, 0.1) is 5.56 Å². The van der Waals surface area contributed by atoms with Gasteiger partial charge in [-0.1, -0.05) is 37.8 Å². The Hall–Kier alpha value is -1.50. The molecule has 1 aromatic carbocycles. The third-order valence-electron chi connectivity index (χ3n) is 4.20. The van der Waals surface area contributed by atoms with Crippen LogP contribution in [0.25, 0.3) is 0 Å². The van der Waals surface area contributed by atoms with Crippen LogP contribution < -0.4 is 10.5 Å². The fraction of sp³-hybridized carbons (Fsp3) is 0.529. The molecule has 0 aromatic heterocycles. The number of hydrogen-bond donors (Lipinski definition) is 2. The lowest BCUT2D eigenvalue weighted by Gasteiger charge is -2.29. The molecule has 0 aliphatic heterocycles. The van der Waals surface area contributed by atoms with Gasteiger partial charge >= 0.3 is 0 Å². The summed E-state index contributed by atoms with van der Waals surface area (Å²) >= 11 is 0. The van der Waals surface area contributed by atoms with E-state index in [1.807, 2.05) is 12.1 Å². The summed E-state index contributed by atoms with van der Waals surface area (Å²) in [6.07, 6.45) is 9.44. The van der Waals surface area contributed by atoms with Crippen molar-refractivity contribution in [1.29, 1.82) is 0 Å². The molecule has 1 aliphatic rings. The first-order valence-electron chi connectivity index (χ1n) is 7.20. The molecule has 1 saturated carbocycles. The molecule has 3 N–H and O–H groups in total. The molecule has 0 heterocycles. The van der Waals surface area contributed by atoms with Crippen LogP contribution in [0.15, 0.2) is 24.3 Å². The van der Waals surface area contributed by atoms with Crippen molar-refractivity contribution in [2.24, 2.45) is 11.1 Å². The van der Waals surface area contributed by atoms with Crippen LogP contribution in [0.5, 0.6) is 5.75 Å². The second kappa shape index (κ2) is 6.30. The average Bonchev–Trinajstić information content (AvgIpc) is 2.85. The van der Waals surface area contributed by atoms with Crippen molar-refractivity contribution >= 4 is 0 Å². The summed E-state index contributed by atoms with van der Waals surface area (Å²) in [7, 11) is 0. The first-order valence-corrected chi connectivity index (χ1v) is 7.20. The molecule has 2 atom stereocenters. The molecular weight excluding hydrogens is 250 g/mol. The highest BCUT2D eigenvalue weighted by atomic mass is 16.5. The molecule has 2 rings (SSSR count). The summed E-state index contributed by atoms with van der Waals surface area (Å²) in [4.78, 5) is 0. The lowest BCUT2D eigenvalue weighted by atomic mass is 9.82. The standard InChI is InChI=1S/C17H23NO2/c1-3-13-8-4-5-9-15(13)20-16(18)14(19)12-17(2)10-6-7-11-17/h1,4-5,8-9,14,16,19H,6-7,10-12,18H2,2H3. The smallest absolute Gasteiger partial charge is 0.173 e. The number of hydrogen-bond acceptors (Lipinski definition) is 3. The number of para-hydroxylation sites is 1. The first kappa shape index (κ1) is 14.9. The second-order valence-corrected chi connectivity index (χ2v) is 6.01. The van der Waals surface area contributed by atoms with Gasteiger partial charge in [-0.05, 0) is 36.8 Å². The number of nitrogens with two attached hydrogens (primary N) is 1. The van der Waals surface area contributed by atoms with Crippen LogP contribution in [0.2, 0.25) is 0 Å². The summed E-state index contributed by atoms with van der Waals surface area (Å²) in [5.74, 6) is 3.11. The lowest BCUT2D eigenvalue weighted by Crippen LogP contribution is -2.42. The van der Waals surface area contributed by atoms with E-state index in [2.05, 4.69) is 12.8 Å². The third kappa shape index (κ3) is 3.53. The van der Waals surface area contributed by atoms with E-state index in [9.17, 15) is 5.11 Å². The van der Waals surface area contributed by atoms with E-state index < -0.39 is 12.3 Å². The molecule has 3 nitrogen and oxygen atoms in total. The van der Waals surface area contributed by atoms with Gasteiger partial charge in [0, 0.05) is 0 Å². The zero-order valence-electron chi connectivity index (χ0n) is 12.0. The number of ether oxygens (including phenoxy) is 1. The minimum Gasteiger partial charge on any atom is -0.471 e. The molecule has 0 spiro atoms. The fourth-order valence-corrected chi connectivity index (χ4v) is 2.97. The first-order chi connectivity index (χ1) is 9.54. The Labute approximate surface area is 121 Å². The quantitative estimate of drug-likeness (QED) is 0.640. The van der Waals surface area contributed by atoms with Crippen LogP contribution in [0.3, 0.4) is 0 Å². The van der Waals surface area contributed by atoms with E-state index in [0.29, 0.717) is 17.7 Å². The van der Waals surface area contributed by atoms with Crippen LogP contribution in [-0.2, 0) is 0 Å². The third-order valence-corrected chi connectivity index (χ3v) is 4.20. The fourth-order valence-electron chi connectivity index (χ4n) is 2.97. The Morgan fingerprint density at radius 3 is 2.70 bits per heavy atom. The van der Waals surface area contributed by atoms with Crippen molar-refractivity contribution in [3.05, 3.63) is 29.8 Å². The van der Waals surface area contributed by atoms with Crippen LogP contribution in [0.1, 0.15) is 44.6 Å². The van der Waals surface area contributed by atoms with E-state index in [0.717, 1.165) is 12.8 Å². The van der Waals surface area contributed by atoms with Crippen molar-refractivity contribution in [2.45, 2.75) is 51.4 Å². The topological polar surface area (TPSA) is 55.5 Å². The SMILES string of the molecule is C#Cc1ccccc1OC(N)C(O)CC1(C)CCCC1. The molecular formula is C17H23NO2. The van der Waals surface area contributed by atoms with E-state index in [1.165, 1.54) is 12.8 Å². The Kier molecular flexibility index (Phi) is 4.69. The number of rotatable bonds is 5. The van der Waals surface area contributed by atoms with Gasteiger partial charge < -0.3 is 9.84 Å². The molecule has 1 aromatic rings. The van der Waals surface area contributed by atoms with Gasteiger partial charge in [0.2, 0.25) is 0 Å². The summed E-state index contributed by atoms with van der Waals surface area (Å²) in [5, 5.41) is 10.3. The molecule has 0 saturated heterocycles. The van der Waals surface area contributed by atoms with Gasteiger partial charge in [-0.25, -0.2) is 0 Å². The Morgan fingerprint density at radius 1 is 1.40 bits per heavy atom. The number of terminal acetylenes is 1. The summed E-state index contributed by atoms with van der Waals surface area (Å²) in [6.45, 7) is 2.21. The van der Waals surface area contributed by atoms with Crippen LogP contribution in [0, 0.1) is 17.8 Å². The van der Waals surface area contributed by atoms with Crippen molar-refractivity contribution in [1.82, 2.24) is 0 Å². The van der Waals surface area contributed by atoms with Gasteiger partial charge in [0.25, 0.3) is 0 Å². The van der Waals surface area contributed by atoms with Crippen LogP contribution >= 0.6 is 0 Å². The monoisotopic (exact) mass is 273 g/mol. The number of aliphatic hydroxyl groups excluding tert-OH is 1. The van der Waals surface area contributed by atoms with E-state index in [-0.39, 0.29) is 5.41 Å². The average molecular weight is 273 g/mol. The Bertz CT molecular complexity index is 486. The second-order valence-electron chi connectivity index (χ2n) is 6.01. The predicted octanol–water partition coefficient (Wildman–Crippen LogP) is 2.66. The predicted molar refractivity (Wildman–Crippen MR) is 80.2 cm³/mol. The maximum Gasteiger partial charge on any atom is 0.173 e. The van der Waals surface area contributed by atoms with Crippen LogP contribution in [0.4, 0.5) is 0 Å². The van der Waals surface area contributed by atoms with Crippen molar-refractivity contribution in [3.8, 4) is 18.1 Å². The Morgan fingerprint density at radius 2 is 2.05 bits per heavy atom. The van der Waals surface area contributed by atoms with Crippen molar-refractivity contribution < 1.29 is 9.84 Å². The molecule has 0 radical (unpaired) electrons. The van der Waals surface area contributed by atoms with Gasteiger partial charge in [0.15, 0.2) is 6.23 Å². The molecule has 0 bridgehead atoms. The number of benzene rings is 1. The molecule has 20 heavy (non-hydrogen) atoms. The zero-order chi connectivity index (χ0) is 14.6. The zero-order valence-corrected chi connectivity index (χ0v) is 12.0. The minimum absolute atomic E-state index is 0.187. The molecule has 3 heteroatoms. The molecule has 1 fully saturated rings. The minimum atomic E-state index is -0.748. The summed E-state index contributed by atoms with van der Waals surface area (Å²) in [5.41, 5.74) is 6.81. The highest BCUT2D eigenvalue weighted by Crippen LogP contribution is 2.41. The summed E-state index contributed by atoms with van der Waals surface area (Å²) in [6, 6.07) is 7.27. The van der Waals surface area contributed by atoms with Crippen molar-refractivity contribution in [3.63, 3.8) is 0 Å². The van der Waals surface area contributed by atoms with Gasteiger partial charge in [-0.2, -0.15) is 0 Å². The van der Waals surface area contributed by atoms with Gasteiger partial charge in [-0.3, -0.25) is 5.73 Å². The maximum atomic E-state index is 10.3. The maximum absolute atomic E-state index is 10.3. The summed E-state index contributed by atoms with van der Waals surface area (Å²) < 4.78 is 5.64. The van der Waals surface area contributed by atoms with Crippen molar-refractivity contribution in [2.75, 3.05) is 0 Å². The molecule has 0 amide bonds. The van der Waals surface area contributed by atoms with Gasteiger partial charge in [-0.15, -0.1) is 6.42 Å². The molecule has 108 valence electrons. The van der Waals surface area contributed by atoms with E-state index >= 15 is 0 Å².